The van der Waals surface area contributed by atoms with E-state index in [-0.39, 0.29) is 5.76 Å². The predicted molar refractivity (Wildman–Crippen MR) is 87.4 cm³/mol. The number of rotatable bonds is 2. The van der Waals surface area contributed by atoms with Gasteiger partial charge in [0.15, 0.2) is 0 Å². The number of nitrogens with zero attached hydrogens (tertiary/aromatic N) is 2. The molecule has 4 nitrogen and oxygen atoms in total. The number of amidine groups is 1. The minimum atomic E-state index is 0.216. The number of aliphatic hydroxyl groups is 1. The van der Waals surface area contributed by atoms with Crippen molar-refractivity contribution < 1.29 is 5.11 Å². The first kappa shape index (κ1) is 13.8. The van der Waals surface area contributed by atoms with Crippen LogP contribution in [-0.4, -0.2) is 22.5 Å². The number of benzene rings is 1. The molecule has 0 saturated heterocycles. The molecule has 2 N–H and O–H groups in total. The molecule has 0 bridgehead atoms. The Morgan fingerprint density at radius 3 is 2.43 bits per heavy atom. The third-order valence-corrected chi connectivity index (χ3v) is 4.43. The smallest absolute Gasteiger partial charge is 0.139 e. The Morgan fingerprint density at radius 1 is 1.19 bits per heavy atom. The van der Waals surface area contributed by atoms with Crippen LogP contribution in [0, 0.1) is 26.2 Å². The highest BCUT2D eigenvalue weighted by molar-refractivity contribution is 7.11. The van der Waals surface area contributed by atoms with E-state index in [0.29, 0.717) is 23.0 Å². The highest BCUT2D eigenvalue weighted by Crippen LogP contribution is 2.33. The van der Waals surface area contributed by atoms with E-state index in [1.807, 2.05) is 43.2 Å². The molecule has 0 atom stereocenters. The first-order valence-electron chi connectivity index (χ1n) is 6.75. The van der Waals surface area contributed by atoms with Crippen molar-refractivity contribution in [2.24, 2.45) is 0 Å². The summed E-state index contributed by atoms with van der Waals surface area (Å²) in [5, 5.41) is 21.3. The van der Waals surface area contributed by atoms with Gasteiger partial charge in [0.1, 0.15) is 16.6 Å². The van der Waals surface area contributed by atoms with Gasteiger partial charge in [-0.25, -0.2) is 4.98 Å². The van der Waals surface area contributed by atoms with Gasteiger partial charge in [-0.2, -0.15) is 0 Å². The maximum absolute atomic E-state index is 10.3. The third kappa shape index (κ3) is 2.45. The Morgan fingerprint density at radius 2 is 1.86 bits per heavy atom. The van der Waals surface area contributed by atoms with Crippen molar-refractivity contribution >= 4 is 28.4 Å². The van der Waals surface area contributed by atoms with Crippen LogP contribution < -0.4 is 4.90 Å². The summed E-state index contributed by atoms with van der Waals surface area (Å²) >= 11 is 1.46. The second-order valence-electron chi connectivity index (χ2n) is 5.40. The lowest BCUT2D eigenvalue weighted by molar-refractivity contribution is 0.411. The predicted octanol–water partition coefficient (Wildman–Crippen LogP) is 3.83. The maximum Gasteiger partial charge on any atom is 0.139 e. The molecule has 0 saturated carbocycles. The van der Waals surface area contributed by atoms with Crippen molar-refractivity contribution in [2.45, 2.75) is 20.8 Å². The van der Waals surface area contributed by atoms with E-state index < -0.39 is 0 Å². The Bertz CT molecular complexity index is 740. The molecule has 1 aromatic heterocycles. The first-order valence-corrected chi connectivity index (χ1v) is 7.63. The zero-order valence-electron chi connectivity index (χ0n) is 12.3. The molecular formula is C16H17N3OS. The molecule has 0 spiro atoms. The van der Waals surface area contributed by atoms with Gasteiger partial charge in [-0.3, -0.25) is 5.41 Å². The van der Waals surface area contributed by atoms with Crippen LogP contribution in [0.5, 0.6) is 0 Å². The average molecular weight is 299 g/mol. The van der Waals surface area contributed by atoms with Crippen LogP contribution >= 0.6 is 11.3 Å². The Balaban J connectivity index is 1.98. The SMILES string of the molecule is Cc1cc(C)cc(N2CC(O)=C(c3nc(C)cs3)C2=N)c1. The van der Waals surface area contributed by atoms with Crippen molar-refractivity contribution in [3.63, 3.8) is 0 Å². The second kappa shape index (κ2) is 5.00. The molecule has 0 unspecified atom stereocenters. The van der Waals surface area contributed by atoms with E-state index >= 15 is 0 Å². The molecule has 1 aromatic carbocycles. The number of aryl methyl sites for hydroxylation is 3. The van der Waals surface area contributed by atoms with E-state index in [2.05, 4.69) is 11.1 Å². The Kier molecular flexibility index (Phi) is 3.29. The van der Waals surface area contributed by atoms with Gasteiger partial charge in [0, 0.05) is 16.8 Å². The summed E-state index contributed by atoms with van der Waals surface area (Å²) in [5.74, 6) is 0.528. The summed E-state index contributed by atoms with van der Waals surface area (Å²) < 4.78 is 0. The van der Waals surface area contributed by atoms with Crippen molar-refractivity contribution in [1.29, 1.82) is 5.41 Å². The van der Waals surface area contributed by atoms with Crippen LogP contribution in [0.3, 0.4) is 0 Å². The van der Waals surface area contributed by atoms with Crippen LogP contribution in [0.25, 0.3) is 5.57 Å². The third-order valence-electron chi connectivity index (χ3n) is 3.45. The first-order chi connectivity index (χ1) is 9.95. The molecule has 1 aliphatic rings. The van der Waals surface area contributed by atoms with Crippen LogP contribution in [-0.2, 0) is 0 Å². The van der Waals surface area contributed by atoms with E-state index in [4.69, 9.17) is 5.41 Å². The number of nitrogens with one attached hydrogen (secondary N) is 1. The van der Waals surface area contributed by atoms with Crippen molar-refractivity contribution in [2.75, 3.05) is 11.4 Å². The molecule has 2 heterocycles. The van der Waals surface area contributed by atoms with Crippen molar-refractivity contribution in [3.8, 4) is 0 Å². The number of aromatic nitrogens is 1. The van der Waals surface area contributed by atoms with E-state index in [1.54, 1.807) is 0 Å². The summed E-state index contributed by atoms with van der Waals surface area (Å²) in [6, 6.07) is 6.16. The molecule has 0 radical (unpaired) electrons. The van der Waals surface area contributed by atoms with Crippen LogP contribution in [0.4, 0.5) is 5.69 Å². The summed E-state index contributed by atoms with van der Waals surface area (Å²) in [7, 11) is 0. The van der Waals surface area contributed by atoms with Gasteiger partial charge >= 0.3 is 0 Å². The Hall–Kier alpha value is -2.14. The number of anilines is 1. The van der Waals surface area contributed by atoms with E-state index in [1.165, 1.54) is 11.3 Å². The summed E-state index contributed by atoms with van der Waals surface area (Å²) in [6.45, 7) is 6.32. The van der Waals surface area contributed by atoms with Crippen LogP contribution in [0.2, 0.25) is 0 Å². The monoisotopic (exact) mass is 299 g/mol. The van der Waals surface area contributed by atoms with Gasteiger partial charge in [0.25, 0.3) is 0 Å². The lowest BCUT2D eigenvalue weighted by atomic mass is 10.1. The number of thiazole rings is 1. The molecule has 0 amide bonds. The minimum absolute atomic E-state index is 0.216. The van der Waals surface area contributed by atoms with Gasteiger partial charge in [0.05, 0.1) is 12.1 Å². The van der Waals surface area contributed by atoms with Gasteiger partial charge in [-0.05, 0) is 44.0 Å². The molecule has 0 fully saturated rings. The Labute approximate surface area is 127 Å². The van der Waals surface area contributed by atoms with Crippen molar-refractivity contribution in [3.05, 3.63) is 51.2 Å². The van der Waals surface area contributed by atoms with Gasteiger partial charge in [0.2, 0.25) is 0 Å². The normalized spacial score (nSPS) is 15.2. The highest BCUT2D eigenvalue weighted by Gasteiger charge is 2.31. The standard InChI is InChI=1S/C16H17N3OS/c1-9-4-10(2)6-12(5-9)19-7-13(20)14(15(19)17)16-18-11(3)8-21-16/h4-6,8,17,20H,7H2,1-3H3. The fourth-order valence-corrected chi connectivity index (χ4v) is 3.46. The second-order valence-corrected chi connectivity index (χ2v) is 6.25. The van der Waals surface area contributed by atoms with Crippen molar-refractivity contribution in [1.82, 2.24) is 4.98 Å². The zero-order chi connectivity index (χ0) is 15.1. The van der Waals surface area contributed by atoms with E-state index in [0.717, 1.165) is 22.5 Å². The fraction of sp³-hybridized carbons (Fsp3) is 0.250. The number of hydrogen-bond acceptors (Lipinski definition) is 4. The number of hydrogen-bond donors (Lipinski definition) is 2. The van der Waals surface area contributed by atoms with E-state index in [9.17, 15) is 5.11 Å². The maximum atomic E-state index is 10.3. The average Bonchev–Trinajstić information content (AvgIpc) is 2.92. The molecule has 2 aromatic rings. The highest BCUT2D eigenvalue weighted by atomic mass is 32.1. The molecule has 21 heavy (non-hydrogen) atoms. The van der Waals surface area contributed by atoms with Crippen LogP contribution in [0.1, 0.15) is 21.8 Å². The quantitative estimate of drug-likeness (QED) is 0.886. The fourth-order valence-electron chi connectivity index (χ4n) is 2.60. The van der Waals surface area contributed by atoms with Gasteiger partial charge in [-0.15, -0.1) is 11.3 Å². The molecule has 3 rings (SSSR count). The summed E-state index contributed by atoms with van der Waals surface area (Å²) in [5.41, 5.74) is 4.69. The molecular weight excluding hydrogens is 282 g/mol. The number of aliphatic hydroxyl groups excluding tert-OH is 1. The molecule has 1 aliphatic heterocycles. The molecule has 0 aliphatic carbocycles. The lowest BCUT2D eigenvalue weighted by Gasteiger charge is -2.19. The van der Waals surface area contributed by atoms with Gasteiger partial charge in [-0.1, -0.05) is 6.07 Å². The zero-order valence-corrected chi connectivity index (χ0v) is 13.1. The topological polar surface area (TPSA) is 60.2 Å². The van der Waals surface area contributed by atoms with Crippen LogP contribution in [0.15, 0.2) is 29.3 Å². The molecule has 108 valence electrons. The minimum Gasteiger partial charge on any atom is -0.510 e. The molecule has 5 heteroatoms. The lowest BCUT2D eigenvalue weighted by Crippen LogP contribution is -2.26. The largest absolute Gasteiger partial charge is 0.510 e. The van der Waals surface area contributed by atoms with Gasteiger partial charge < -0.3 is 10.0 Å². The summed E-state index contributed by atoms with van der Waals surface area (Å²) in [4.78, 5) is 6.21. The summed E-state index contributed by atoms with van der Waals surface area (Å²) in [6.07, 6.45) is 0.